The standard InChI is InChI=1S/C17H19NO4.HI/c1-18-7-6-16-13-9-2-3-10(19)14(13)22-15(16)11(20)4-5-17(16,21)12(18)8-9;/h2-3,12,15,19,21H,4-8H2,1H3;1H/t12-,15+,16+,17?;/m1./s1. The lowest BCUT2D eigenvalue weighted by Crippen LogP contribution is -2.76. The van der Waals surface area contributed by atoms with Gasteiger partial charge in [-0.2, -0.15) is 0 Å². The maximum atomic E-state index is 12.5. The highest BCUT2D eigenvalue weighted by molar-refractivity contribution is 14.0. The fraction of sp³-hybridized carbons (Fsp3) is 0.588. The fourth-order valence-corrected chi connectivity index (χ4v) is 5.54. The summed E-state index contributed by atoms with van der Waals surface area (Å²) in [6, 6.07) is 3.57. The van der Waals surface area contributed by atoms with E-state index >= 15 is 0 Å². The van der Waals surface area contributed by atoms with E-state index in [2.05, 4.69) is 4.90 Å². The Morgan fingerprint density at radius 2 is 2.13 bits per heavy atom. The van der Waals surface area contributed by atoms with Gasteiger partial charge in [0, 0.05) is 18.0 Å². The van der Waals surface area contributed by atoms with E-state index in [9.17, 15) is 15.0 Å². The summed E-state index contributed by atoms with van der Waals surface area (Å²) in [5.41, 5.74) is 0.370. The Kier molecular flexibility index (Phi) is 3.14. The molecule has 4 atom stereocenters. The third-order valence-corrected chi connectivity index (χ3v) is 6.53. The van der Waals surface area contributed by atoms with Crippen molar-refractivity contribution in [3.05, 3.63) is 23.3 Å². The SMILES string of the molecule is CN1CC[C@]23c4c5ccc(O)c4O[C@H]2C(=O)CCC3(O)[C@H]1C5.I. The van der Waals surface area contributed by atoms with Gasteiger partial charge in [0.25, 0.3) is 0 Å². The van der Waals surface area contributed by atoms with Crippen molar-refractivity contribution in [2.45, 2.75) is 48.8 Å². The van der Waals surface area contributed by atoms with Gasteiger partial charge in [-0.3, -0.25) is 4.79 Å². The second kappa shape index (κ2) is 4.61. The van der Waals surface area contributed by atoms with Gasteiger partial charge in [0.2, 0.25) is 0 Å². The number of benzene rings is 1. The van der Waals surface area contributed by atoms with Crippen LogP contribution in [0.4, 0.5) is 0 Å². The highest BCUT2D eigenvalue weighted by Gasteiger charge is 2.72. The lowest BCUT2D eigenvalue weighted by molar-refractivity contribution is -0.185. The molecule has 2 N–H and O–H groups in total. The topological polar surface area (TPSA) is 70.0 Å². The minimum Gasteiger partial charge on any atom is -0.504 e. The number of halogens is 1. The molecule has 2 heterocycles. The van der Waals surface area contributed by atoms with E-state index in [0.717, 1.165) is 24.1 Å². The normalized spacial score (nSPS) is 40.2. The van der Waals surface area contributed by atoms with E-state index in [4.69, 9.17) is 4.74 Å². The highest BCUT2D eigenvalue weighted by atomic mass is 127. The molecule has 1 saturated carbocycles. The average molecular weight is 429 g/mol. The molecule has 23 heavy (non-hydrogen) atoms. The second-order valence-corrected chi connectivity index (χ2v) is 7.26. The van der Waals surface area contributed by atoms with Crippen molar-refractivity contribution in [2.24, 2.45) is 0 Å². The number of nitrogens with zero attached hydrogens (tertiary/aromatic N) is 1. The van der Waals surface area contributed by atoms with E-state index in [0.29, 0.717) is 25.0 Å². The number of carbonyl (C=O) groups excluding carboxylic acids is 1. The van der Waals surface area contributed by atoms with Crippen molar-refractivity contribution in [1.82, 2.24) is 4.90 Å². The summed E-state index contributed by atoms with van der Waals surface area (Å²) in [6.45, 7) is 0.828. The lowest BCUT2D eigenvalue weighted by Gasteiger charge is -2.61. The van der Waals surface area contributed by atoms with Crippen LogP contribution in [0.1, 0.15) is 30.4 Å². The number of phenols is 1. The molecular weight excluding hydrogens is 409 g/mol. The van der Waals surface area contributed by atoms with Crippen LogP contribution >= 0.6 is 24.0 Å². The summed E-state index contributed by atoms with van der Waals surface area (Å²) in [4.78, 5) is 14.7. The predicted molar refractivity (Wildman–Crippen MR) is 93.5 cm³/mol. The van der Waals surface area contributed by atoms with Gasteiger partial charge in [-0.15, -0.1) is 24.0 Å². The molecular formula is C17H20INO4. The smallest absolute Gasteiger partial charge is 0.174 e. The number of hydrogen-bond donors (Lipinski definition) is 2. The van der Waals surface area contributed by atoms with Crippen LogP contribution in [-0.2, 0) is 16.6 Å². The number of hydrogen-bond acceptors (Lipinski definition) is 5. The van der Waals surface area contributed by atoms with Crippen LogP contribution in [-0.4, -0.2) is 52.2 Å². The molecule has 2 aliphatic carbocycles. The summed E-state index contributed by atoms with van der Waals surface area (Å²) in [5.74, 6) is 0.561. The number of Topliss-reactive ketones (excluding diaryl/α,β-unsaturated/α-hetero) is 1. The maximum absolute atomic E-state index is 12.5. The predicted octanol–water partition coefficient (Wildman–Crippen LogP) is 1.36. The first kappa shape index (κ1) is 15.7. The molecule has 6 heteroatoms. The number of ether oxygens (including phenoxy) is 1. The Hall–Kier alpha value is -0.860. The van der Waals surface area contributed by atoms with E-state index in [-0.39, 0.29) is 41.6 Å². The first-order valence-electron chi connectivity index (χ1n) is 7.96. The molecule has 5 nitrogen and oxygen atoms in total. The first-order valence-corrected chi connectivity index (χ1v) is 7.96. The van der Waals surface area contributed by atoms with Crippen LogP contribution < -0.4 is 4.74 Å². The van der Waals surface area contributed by atoms with Crippen molar-refractivity contribution in [1.29, 1.82) is 0 Å². The summed E-state index contributed by atoms with van der Waals surface area (Å²) in [5, 5.41) is 21.8. The minimum atomic E-state index is -0.954. The highest BCUT2D eigenvalue weighted by Crippen LogP contribution is 2.64. The molecule has 1 unspecified atom stereocenters. The fourth-order valence-electron chi connectivity index (χ4n) is 5.54. The molecule has 2 bridgehead atoms. The van der Waals surface area contributed by atoms with E-state index in [1.54, 1.807) is 6.07 Å². The van der Waals surface area contributed by atoms with Gasteiger partial charge in [0.05, 0.1) is 11.0 Å². The Balaban J connectivity index is 0.00000135. The zero-order valence-electron chi connectivity index (χ0n) is 12.9. The molecule has 1 saturated heterocycles. The van der Waals surface area contributed by atoms with Gasteiger partial charge >= 0.3 is 0 Å². The van der Waals surface area contributed by atoms with Crippen molar-refractivity contribution in [3.8, 4) is 11.5 Å². The van der Waals surface area contributed by atoms with Gasteiger partial charge in [-0.25, -0.2) is 0 Å². The largest absolute Gasteiger partial charge is 0.504 e. The van der Waals surface area contributed by atoms with Crippen molar-refractivity contribution < 1.29 is 19.7 Å². The minimum absolute atomic E-state index is 0. The molecule has 0 amide bonds. The third-order valence-electron chi connectivity index (χ3n) is 6.53. The molecule has 4 aliphatic rings. The molecule has 124 valence electrons. The first-order chi connectivity index (χ1) is 10.5. The van der Waals surface area contributed by atoms with Gasteiger partial charge in [0.1, 0.15) is 0 Å². The molecule has 5 rings (SSSR count). The van der Waals surface area contributed by atoms with Crippen molar-refractivity contribution in [3.63, 3.8) is 0 Å². The number of likely N-dealkylation sites (N-methyl/N-ethyl adjacent to an activating group) is 1. The van der Waals surface area contributed by atoms with Crippen LogP contribution in [0, 0.1) is 0 Å². The summed E-state index contributed by atoms with van der Waals surface area (Å²) < 4.78 is 5.94. The molecule has 1 spiro atoms. The average Bonchev–Trinajstić information content (AvgIpc) is 2.85. The number of rotatable bonds is 0. The lowest BCUT2D eigenvalue weighted by atomic mass is 9.49. The molecule has 0 aromatic heterocycles. The number of aliphatic hydroxyl groups is 1. The van der Waals surface area contributed by atoms with E-state index < -0.39 is 17.1 Å². The zero-order valence-corrected chi connectivity index (χ0v) is 15.2. The van der Waals surface area contributed by atoms with Gasteiger partial charge < -0.3 is 19.8 Å². The summed E-state index contributed by atoms with van der Waals surface area (Å²) in [6.07, 6.45) is 1.61. The third kappa shape index (κ3) is 1.53. The number of aromatic hydroxyl groups is 1. The molecule has 1 aromatic rings. The van der Waals surface area contributed by atoms with E-state index in [1.165, 1.54) is 0 Å². The summed E-state index contributed by atoms with van der Waals surface area (Å²) in [7, 11) is 2.04. The van der Waals surface area contributed by atoms with Gasteiger partial charge in [-0.1, -0.05) is 6.07 Å². The number of phenolic OH excluding ortho intramolecular Hbond substituents is 1. The molecule has 2 aliphatic heterocycles. The molecule has 2 fully saturated rings. The van der Waals surface area contributed by atoms with Crippen LogP contribution in [0.5, 0.6) is 11.5 Å². The molecule has 0 radical (unpaired) electrons. The van der Waals surface area contributed by atoms with Crippen LogP contribution in [0.25, 0.3) is 0 Å². The van der Waals surface area contributed by atoms with Crippen LogP contribution in [0.2, 0.25) is 0 Å². The number of ketones is 1. The quantitative estimate of drug-likeness (QED) is 0.610. The maximum Gasteiger partial charge on any atom is 0.174 e. The van der Waals surface area contributed by atoms with Crippen molar-refractivity contribution >= 4 is 29.8 Å². The van der Waals surface area contributed by atoms with Gasteiger partial charge in [0.15, 0.2) is 23.4 Å². The number of piperidine rings is 1. The van der Waals surface area contributed by atoms with Crippen LogP contribution in [0.15, 0.2) is 12.1 Å². The van der Waals surface area contributed by atoms with Crippen LogP contribution in [0.3, 0.4) is 0 Å². The van der Waals surface area contributed by atoms with E-state index in [1.807, 2.05) is 13.1 Å². The number of carbonyl (C=O) groups is 1. The Labute approximate surface area is 151 Å². The zero-order chi connectivity index (χ0) is 15.3. The molecule has 1 aromatic carbocycles. The van der Waals surface area contributed by atoms with Gasteiger partial charge in [-0.05, 0) is 44.5 Å². The monoisotopic (exact) mass is 429 g/mol. The summed E-state index contributed by atoms with van der Waals surface area (Å²) >= 11 is 0. The second-order valence-electron chi connectivity index (χ2n) is 7.26. The number of likely N-dealkylation sites (tertiary alicyclic amines) is 1. The Bertz CT molecular complexity index is 723. The Morgan fingerprint density at radius 3 is 2.91 bits per heavy atom. The Morgan fingerprint density at radius 1 is 1.35 bits per heavy atom. The van der Waals surface area contributed by atoms with Crippen molar-refractivity contribution in [2.75, 3.05) is 13.6 Å².